The summed E-state index contributed by atoms with van der Waals surface area (Å²) in [6, 6.07) is 0. The lowest BCUT2D eigenvalue weighted by atomic mass is 9.63. The lowest BCUT2D eigenvalue weighted by Gasteiger charge is -2.44. The first-order chi connectivity index (χ1) is 10.1. The number of nitrogens with one attached hydrogen (secondary N) is 1. The summed E-state index contributed by atoms with van der Waals surface area (Å²) in [4.78, 5) is 26.6. The standard InChI is InChI=1S/C17H30N2O2/c1-3-19(4-2)13-12-17(14-8-6-5-7-9-14)11-10-15(20)18-16(17)21/h14H,3-13H2,1-2H3,(H,18,20,21)/t17-/m0/s1. The van der Waals surface area contributed by atoms with Crippen LogP contribution in [0.3, 0.4) is 0 Å². The van der Waals surface area contributed by atoms with Gasteiger partial charge in [0, 0.05) is 6.42 Å². The molecule has 1 saturated heterocycles. The van der Waals surface area contributed by atoms with Crippen LogP contribution < -0.4 is 5.32 Å². The minimum Gasteiger partial charge on any atom is -0.304 e. The highest BCUT2D eigenvalue weighted by atomic mass is 16.2. The molecule has 120 valence electrons. The molecule has 0 aromatic carbocycles. The summed E-state index contributed by atoms with van der Waals surface area (Å²) >= 11 is 0. The Kier molecular flexibility index (Phi) is 5.80. The van der Waals surface area contributed by atoms with Gasteiger partial charge in [-0.1, -0.05) is 33.1 Å². The first-order valence-electron chi connectivity index (χ1n) is 8.69. The summed E-state index contributed by atoms with van der Waals surface area (Å²) in [5.41, 5.74) is -0.295. The smallest absolute Gasteiger partial charge is 0.233 e. The number of carbonyl (C=O) groups is 2. The van der Waals surface area contributed by atoms with Crippen LogP contribution in [0, 0.1) is 11.3 Å². The Labute approximate surface area is 128 Å². The average molecular weight is 294 g/mol. The number of piperidine rings is 1. The van der Waals surface area contributed by atoms with Crippen LogP contribution in [0.5, 0.6) is 0 Å². The van der Waals surface area contributed by atoms with E-state index in [1.54, 1.807) is 0 Å². The van der Waals surface area contributed by atoms with Crippen molar-refractivity contribution in [2.24, 2.45) is 11.3 Å². The van der Waals surface area contributed by atoms with E-state index in [4.69, 9.17) is 0 Å². The van der Waals surface area contributed by atoms with E-state index >= 15 is 0 Å². The molecule has 0 radical (unpaired) electrons. The SMILES string of the molecule is CCN(CC)CC[C@]1(C2CCCCC2)CCC(=O)NC1=O. The molecule has 1 heterocycles. The minimum atomic E-state index is -0.295. The summed E-state index contributed by atoms with van der Waals surface area (Å²) in [7, 11) is 0. The monoisotopic (exact) mass is 294 g/mol. The highest BCUT2D eigenvalue weighted by Crippen LogP contribution is 2.46. The summed E-state index contributed by atoms with van der Waals surface area (Å²) in [6.45, 7) is 7.35. The molecule has 0 bridgehead atoms. The highest BCUT2D eigenvalue weighted by Gasteiger charge is 2.48. The molecule has 2 fully saturated rings. The number of rotatable bonds is 6. The summed E-state index contributed by atoms with van der Waals surface area (Å²) in [6.07, 6.45) is 8.24. The van der Waals surface area contributed by atoms with Gasteiger partial charge in [-0.3, -0.25) is 14.9 Å². The zero-order chi connectivity index (χ0) is 15.3. The Morgan fingerprint density at radius 3 is 2.38 bits per heavy atom. The first kappa shape index (κ1) is 16.5. The second-order valence-electron chi connectivity index (χ2n) is 6.65. The second kappa shape index (κ2) is 7.39. The molecular formula is C17H30N2O2. The first-order valence-corrected chi connectivity index (χ1v) is 8.69. The fourth-order valence-electron chi connectivity index (χ4n) is 4.15. The maximum Gasteiger partial charge on any atom is 0.233 e. The summed E-state index contributed by atoms with van der Waals surface area (Å²) < 4.78 is 0. The Morgan fingerprint density at radius 2 is 1.81 bits per heavy atom. The quantitative estimate of drug-likeness (QED) is 0.766. The van der Waals surface area contributed by atoms with Gasteiger partial charge in [0.1, 0.15) is 0 Å². The normalized spacial score (nSPS) is 28.0. The number of carbonyl (C=O) groups excluding carboxylic acids is 2. The topological polar surface area (TPSA) is 49.4 Å². The largest absolute Gasteiger partial charge is 0.304 e. The van der Waals surface area contributed by atoms with Gasteiger partial charge in [0.15, 0.2) is 0 Å². The van der Waals surface area contributed by atoms with Crippen LogP contribution >= 0.6 is 0 Å². The number of nitrogens with zero attached hydrogens (tertiary/aromatic N) is 1. The van der Waals surface area contributed by atoms with Crippen molar-refractivity contribution in [3.05, 3.63) is 0 Å². The maximum atomic E-state index is 12.7. The summed E-state index contributed by atoms with van der Waals surface area (Å²) in [5, 5.41) is 2.63. The molecule has 1 saturated carbocycles. The van der Waals surface area contributed by atoms with E-state index in [0.29, 0.717) is 12.3 Å². The van der Waals surface area contributed by atoms with Gasteiger partial charge >= 0.3 is 0 Å². The molecule has 0 unspecified atom stereocenters. The van der Waals surface area contributed by atoms with Crippen LogP contribution in [-0.4, -0.2) is 36.3 Å². The van der Waals surface area contributed by atoms with Crippen molar-refractivity contribution in [3.63, 3.8) is 0 Å². The van der Waals surface area contributed by atoms with Crippen LogP contribution in [0.4, 0.5) is 0 Å². The molecule has 0 aromatic heterocycles. The Morgan fingerprint density at radius 1 is 1.14 bits per heavy atom. The maximum absolute atomic E-state index is 12.7. The molecule has 1 aliphatic carbocycles. The van der Waals surface area contributed by atoms with Crippen molar-refractivity contribution in [1.29, 1.82) is 0 Å². The molecule has 1 N–H and O–H groups in total. The second-order valence-corrected chi connectivity index (χ2v) is 6.65. The number of hydrogen-bond acceptors (Lipinski definition) is 3. The van der Waals surface area contributed by atoms with Crippen molar-refractivity contribution < 1.29 is 9.59 Å². The molecular weight excluding hydrogens is 264 g/mol. The van der Waals surface area contributed by atoms with Crippen LogP contribution in [-0.2, 0) is 9.59 Å². The molecule has 1 atom stereocenters. The van der Waals surface area contributed by atoms with E-state index < -0.39 is 0 Å². The van der Waals surface area contributed by atoms with E-state index in [9.17, 15) is 9.59 Å². The summed E-state index contributed by atoms with van der Waals surface area (Å²) in [5.74, 6) is 0.391. The number of hydrogen-bond donors (Lipinski definition) is 1. The zero-order valence-corrected chi connectivity index (χ0v) is 13.6. The minimum absolute atomic E-state index is 0.0119. The lowest BCUT2D eigenvalue weighted by molar-refractivity contribution is -0.146. The van der Waals surface area contributed by atoms with E-state index in [1.807, 2.05) is 0 Å². The zero-order valence-electron chi connectivity index (χ0n) is 13.6. The third-order valence-corrected chi connectivity index (χ3v) is 5.66. The van der Waals surface area contributed by atoms with Crippen molar-refractivity contribution in [2.45, 2.75) is 65.2 Å². The third-order valence-electron chi connectivity index (χ3n) is 5.66. The molecule has 4 nitrogen and oxygen atoms in total. The molecule has 2 rings (SSSR count). The lowest BCUT2D eigenvalue weighted by Crippen LogP contribution is -2.53. The fourth-order valence-corrected chi connectivity index (χ4v) is 4.15. The fraction of sp³-hybridized carbons (Fsp3) is 0.882. The molecule has 21 heavy (non-hydrogen) atoms. The van der Waals surface area contributed by atoms with Crippen LogP contribution in [0.1, 0.15) is 65.2 Å². The Bertz CT molecular complexity index is 373. The van der Waals surface area contributed by atoms with Crippen molar-refractivity contribution in [3.8, 4) is 0 Å². The van der Waals surface area contributed by atoms with Gasteiger partial charge < -0.3 is 4.90 Å². The molecule has 1 aliphatic heterocycles. The average Bonchev–Trinajstić information content (AvgIpc) is 2.51. The van der Waals surface area contributed by atoms with Gasteiger partial charge in [0.25, 0.3) is 0 Å². The van der Waals surface area contributed by atoms with Gasteiger partial charge in [0.05, 0.1) is 5.41 Å². The molecule has 4 heteroatoms. The van der Waals surface area contributed by atoms with Crippen LogP contribution in [0.2, 0.25) is 0 Å². The van der Waals surface area contributed by atoms with Gasteiger partial charge in [0.2, 0.25) is 11.8 Å². The molecule has 2 aliphatic rings. The third kappa shape index (κ3) is 3.65. The Balaban J connectivity index is 2.13. The van der Waals surface area contributed by atoms with E-state index in [0.717, 1.165) is 45.3 Å². The molecule has 0 spiro atoms. The molecule has 0 aromatic rings. The predicted octanol–water partition coefficient (Wildman–Crippen LogP) is 2.72. The van der Waals surface area contributed by atoms with Crippen molar-refractivity contribution in [1.82, 2.24) is 10.2 Å². The van der Waals surface area contributed by atoms with Gasteiger partial charge in [-0.2, -0.15) is 0 Å². The van der Waals surface area contributed by atoms with Gasteiger partial charge in [-0.15, -0.1) is 0 Å². The van der Waals surface area contributed by atoms with Crippen LogP contribution in [0.15, 0.2) is 0 Å². The Hall–Kier alpha value is -0.900. The number of imide groups is 1. The van der Waals surface area contributed by atoms with E-state index in [-0.39, 0.29) is 17.2 Å². The van der Waals surface area contributed by atoms with E-state index in [1.165, 1.54) is 19.3 Å². The van der Waals surface area contributed by atoms with Crippen molar-refractivity contribution in [2.75, 3.05) is 19.6 Å². The van der Waals surface area contributed by atoms with Gasteiger partial charge in [-0.25, -0.2) is 0 Å². The van der Waals surface area contributed by atoms with Crippen molar-refractivity contribution >= 4 is 11.8 Å². The van der Waals surface area contributed by atoms with Crippen LogP contribution in [0.25, 0.3) is 0 Å². The van der Waals surface area contributed by atoms with E-state index in [2.05, 4.69) is 24.1 Å². The molecule has 2 amide bonds. The number of amides is 2. The predicted molar refractivity (Wildman–Crippen MR) is 83.8 cm³/mol. The highest BCUT2D eigenvalue weighted by molar-refractivity contribution is 6.00. The van der Waals surface area contributed by atoms with Gasteiger partial charge in [-0.05, 0) is 51.2 Å².